The van der Waals surface area contributed by atoms with Crippen LogP contribution in [-0.2, 0) is 14.1 Å². The Balaban J connectivity index is 1.66. The van der Waals surface area contributed by atoms with E-state index in [0.29, 0.717) is 25.9 Å². The summed E-state index contributed by atoms with van der Waals surface area (Å²) in [4.78, 5) is 14.1. The summed E-state index contributed by atoms with van der Waals surface area (Å²) >= 11 is 0. The summed E-state index contributed by atoms with van der Waals surface area (Å²) in [7, 11) is -0.326. The molecule has 0 N–H and O–H groups in total. The molecule has 118 valence electrons. The summed E-state index contributed by atoms with van der Waals surface area (Å²) in [5, 5.41) is 9.14. The molecule has 3 aliphatic rings. The zero-order valence-corrected chi connectivity index (χ0v) is 13.8. The number of carbonyl (C=O) groups is 1. The van der Waals surface area contributed by atoms with Gasteiger partial charge in [0, 0.05) is 13.1 Å². The molecule has 2 aliphatic heterocycles. The Bertz CT molecular complexity index is 556. The number of carbonyl (C=O) groups excluding carboxylic acids is 1. The molecule has 3 rings (SSSR count). The Kier molecular flexibility index (Phi) is 3.43. The molecule has 2 fully saturated rings. The molecule has 0 bridgehead atoms. The predicted octanol–water partition coefficient (Wildman–Crippen LogP) is 2.08. The highest BCUT2D eigenvalue weighted by Crippen LogP contribution is 2.47. The van der Waals surface area contributed by atoms with E-state index < -0.39 is 5.41 Å². The van der Waals surface area contributed by atoms with Gasteiger partial charge >= 0.3 is 7.12 Å². The lowest BCUT2D eigenvalue weighted by molar-refractivity contribution is -0.134. The van der Waals surface area contributed by atoms with E-state index in [9.17, 15) is 4.79 Å². The standard InChI is InChI=1S/C16H23BN2O3/c1-14(2)15(3,4)22-17(21-14)12-5-9-19(10-6-12)13(20)16(11-18)7-8-16/h5H,6-10H2,1-4H3. The number of hydrogen-bond acceptors (Lipinski definition) is 4. The van der Waals surface area contributed by atoms with Gasteiger partial charge in [-0.3, -0.25) is 4.79 Å². The summed E-state index contributed by atoms with van der Waals surface area (Å²) in [6, 6.07) is 2.18. The van der Waals surface area contributed by atoms with Crippen molar-refractivity contribution < 1.29 is 14.1 Å². The van der Waals surface area contributed by atoms with E-state index in [2.05, 4.69) is 6.07 Å². The Morgan fingerprint density at radius 1 is 1.27 bits per heavy atom. The van der Waals surface area contributed by atoms with Crippen molar-refractivity contribution in [3.05, 3.63) is 11.5 Å². The van der Waals surface area contributed by atoms with Crippen LogP contribution >= 0.6 is 0 Å². The Labute approximate surface area is 132 Å². The monoisotopic (exact) mass is 302 g/mol. The Morgan fingerprint density at radius 3 is 2.27 bits per heavy atom. The summed E-state index contributed by atoms with van der Waals surface area (Å²) in [6.45, 7) is 9.33. The normalized spacial score (nSPS) is 28.0. The quantitative estimate of drug-likeness (QED) is 0.733. The smallest absolute Gasteiger partial charge is 0.400 e. The average Bonchev–Trinajstić information content (AvgIpc) is 3.22. The third-order valence-electron chi connectivity index (χ3n) is 5.46. The molecule has 0 aromatic heterocycles. The second kappa shape index (κ2) is 4.84. The van der Waals surface area contributed by atoms with E-state index in [1.807, 2.05) is 33.8 Å². The maximum atomic E-state index is 12.4. The first-order chi connectivity index (χ1) is 10.2. The lowest BCUT2D eigenvalue weighted by Gasteiger charge is -2.32. The van der Waals surface area contributed by atoms with Crippen LogP contribution in [0.2, 0.25) is 0 Å². The van der Waals surface area contributed by atoms with Crippen molar-refractivity contribution in [3.63, 3.8) is 0 Å². The van der Waals surface area contributed by atoms with E-state index in [0.717, 1.165) is 11.9 Å². The van der Waals surface area contributed by atoms with E-state index in [4.69, 9.17) is 14.6 Å². The van der Waals surface area contributed by atoms with Crippen molar-refractivity contribution in [3.8, 4) is 6.07 Å². The highest BCUT2D eigenvalue weighted by Gasteiger charge is 2.54. The molecule has 0 aromatic rings. The second-order valence-corrected chi connectivity index (χ2v) is 7.56. The topological polar surface area (TPSA) is 62.6 Å². The molecule has 1 saturated heterocycles. The van der Waals surface area contributed by atoms with E-state index in [1.54, 1.807) is 4.90 Å². The first-order valence-electron chi connectivity index (χ1n) is 7.96. The molecular weight excluding hydrogens is 279 g/mol. The van der Waals surface area contributed by atoms with Gasteiger partial charge in [0.2, 0.25) is 5.91 Å². The summed E-state index contributed by atoms with van der Waals surface area (Å²) < 4.78 is 12.1. The molecule has 0 atom stereocenters. The minimum atomic E-state index is -0.727. The largest absolute Gasteiger partial charge is 0.490 e. The summed E-state index contributed by atoms with van der Waals surface area (Å²) in [5.41, 5.74) is -0.311. The van der Waals surface area contributed by atoms with Crippen LogP contribution in [0.4, 0.5) is 0 Å². The van der Waals surface area contributed by atoms with Gasteiger partial charge in [0.1, 0.15) is 5.41 Å². The maximum absolute atomic E-state index is 12.4. The lowest BCUT2D eigenvalue weighted by Crippen LogP contribution is -2.41. The van der Waals surface area contributed by atoms with Crippen molar-refractivity contribution in [1.29, 1.82) is 5.26 Å². The minimum Gasteiger partial charge on any atom is -0.400 e. The molecule has 0 spiro atoms. The van der Waals surface area contributed by atoms with E-state index >= 15 is 0 Å². The van der Waals surface area contributed by atoms with Crippen molar-refractivity contribution >= 4 is 13.0 Å². The van der Waals surface area contributed by atoms with Crippen molar-refractivity contribution in [1.82, 2.24) is 4.90 Å². The van der Waals surface area contributed by atoms with Gasteiger partial charge in [-0.15, -0.1) is 0 Å². The maximum Gasteiger partial charge on any atom is 0.490 e. The molecule has 1 amide bonds. The Morgan fingerprint density at radius 2 is 1.86 bits per heavy atom. The number of nitriles is 1. The zero-order chi connectivity index (χ0) is 16.2. The van der Waals surface area contributed by atoms with Gasteiger partial charge < -0.3 is 14.2 Å². The molecular formula is C16H23BN2O3. The molecule has 6 heteroatoms. The van der Waals surface area contributed by atoms with E-state index in [-0.39, 0.29) is 24.2 Å². The molecule has 22 heavy (non-hydrogen) atoms. The fraction of sp³-hybridized carbons (Fsp3) is 0.750. The van der Waals surface area contributed by atoms with Crippen LogP contribution in [0.1, 0.15) is 47.0 Å². The molecule has 5 nitrogen and oxygen atoms in total. The number of nitrogens with zero attached hydrogens (tertiary/aromatic N) is 2. The third-order valence-corrected chi connectivity index (χ3v) is 5.46. The van der Waals surface area contributed by atoms with Crippen molar-refractivity contribution in [2.75, 3.05) is 13.1 Å². The zero-order valence-electron chi connectivity index (χ0n) is 13.8. The van der Waals surface area contributed by atoms with Crippen molar-refractivity contribution in [2.45, 2.75) is 58.2 Å². The van der Waals surface area contributed by atoms with Gasteiger partial charge in [0.25, 0.3) is 0 Å². The van der Waals surface area contributed by atoms with Crippen LogP contribution < -0.4 is 0 Å². The van der Waals surface area contributed by atoms with Gasteiger partial charge in [-0.1, -0.05) is 6.08 Å². The fourth-order valence-corrected chi connectivity index (χ4v) is 2.88. The second-order valence-electron chi connectivity index (χ2n) is 7.56. The summed E-state index contributed by atoms with van der Waals surface area (Å²) in [5.74, 6) is -0.0146. The molecule has 1 saturated carbocycles. The number of amides is 1. The highest BCUT2D eigenvalue weighted by molar-refractivity contribution is 6.54. The van der Waals surface area contributed by atoms with Gasteiger partial charge in [0.15, 0.2) is 0 Å². The first-order valence-corrected chi connectivity index (χ1v) is 7.96. The molecule has 0 radical (unpaired) electrons. The Hall–Kier alpha value is -1.32. The number of rotatable bonds is 2. The third kappa shape index (κ3) is 2.37. The lowest BCUT2D eigenvalue weighted by atomic mass is 9.74. The molecule has 0 aromatic carbocycles. The predicted molar refractivity (Wildman–Crippen MR) is 82.6 cm³/mol. The van der Waals surface area contributed by atoms with Gasteiger partial charge in [-0.2, -0.15) is 5.26 Å². The van der Waals surface area contributed by atoms with Crippen LogP contribution in [0, 0.1) is 16.7 Å². The minimum absolute atomic E-state index is 0.0146. The van der Waals surface area contributed by atoms with Crippen LogP contribution in [-0.4, -0.2) is 42.2 Å². The van der Waals surface area contributed by atoms with Crippen LogP contribution in [0.15, 0.2) is 11.5 Å². The van der Waals surface area contributed by atoms with Gasteiger partial charge in [-0.05, 0) is 52.4 Å². The fourth-order valence-electron chi connectivity index (χ4n) is 2.88. The molecule has 2 heterocycles. The van der Waals surface area contributed by atoms with Gasteiger partial charge in [-0.25, -0.2) is 0 Å². The van der Waals surface area contributed by atoms with Crippen LogP contribution in [0.3, 0.4) is 0 Å². The first kappa shape index (κ1) is 15.6. The van der Waals surface area contributed by atoms with Gasteiger partial charge in [0.05, 0.1) is 17.3 Å². The van der Waals surface area contributed by atoms with E-state index in [1.165, 1.54) is 0 Å². The number of hydrogen-bond donors (Lipinski definition) is 0. The van der Waals surface area contributed by atoms with Crippen LogP contribution in [0.5, 0.6) is 0 Å². The van der Waals surface area contributed by atoms with Crippen LogP contribution in [0.25, 0.3) is 0 Å². The highest BCUT2D eigenvalue weighted by atomic mass is 16.7. The van der Waals surface area contributed by atoms with Crippen molar-refractivity contribution in [2.24, 2.45) is 5.41 Å². The SMILES string of the molecule is CC1(C)OB(C2=CCN(C(=O)C3(C#N)CC3)CC2)OC1(C)C. The molecule has 1 aliphatic carbocycles. The average molecular weight is 302 g/mol. The molecule has 0 unspecified atom stereocenters. The summed E-state index contributed by atoms with van der Waals surface area (Å²) in [6.07, 6.45) is 4.17.